The Kier molecular flexibility index (Phi) is 5.96. The van der Waals surface area contributed by atoms with Crippen LogP contribution < -0.4 is 10.6 Å². The first-order chi connectivity index (χ1) is 14.1. The fraction of sp³-hybridized carbons (Fsp3) is 0.346. The summed E-state index contributed by atoms with van der Waals surface area (Å²) in [5.74, 6) is 0.758. The van der Waals surface area contributed by atoms with Crippen molar-refractivity contribution in [3.8, 4) is 0 Å². The predicted octanol–water partition coefficient (Wildman–Crippen LogP) is 5.83. The third-order valence-electron chi connectivity index (χ3n) is 6.13. The van der Waals surface area contributed by atoms with E-state index in [1.54, 1.807) is 6.92 Å². The molecular formula is C26H30N2O. The van der Waals surface area contributed by atoms with Gasteiger partial charge in [-0.15, -0.1) is 0 Å². The second-order valence-corrected chi connectivity index (χ2v) is 8.34. The maximum absolute atomic E-state index is 11.1. The molecular weight excluding hydrogens is 356 g/mol. The first-order valence-corrected chi connectivity index (χ1v) is 10.7. The minimum atomic E-state index is 0.152. The standard InChI is InChI=1S/C26H30N2O/c1-18(29)17-27-23-13-10-20(11-14-23)22-12-15-24(16-22)28-19(2)25-9-5-7-21-6-3-4-8-26(21)25/h3-11,13-14,19,22,24,27-28H,12,15-17H2,1-2H3/t19-,22-,24+/m1/s1. The van der Waals surface area contributed by atoms with Gasteiger partial charge in [-0.25, -0.2) is 0 Å². The molecule has 2 N–H and O–H groups in total. The third kappa shape index (κ3) is 4.68. The molecule has 1 aliphatic carbocycles. The number of benzene rings is 3. The summed E-state index contributed by atoms with van der Waals surface area (Å²) in [6.07, 6.45) is 3.61. The average Bonchev–Trinajstić information content (AvgIpc) is 3.20. The summed E-state index contributed by atoms with van der Waals surface area (Å²) in [4.78, 5) is 11.1. The Morgan fingerprint density at radius 1 is 1.00 bits per heavy atom. The maximum Gasteiger partial charge on any atom is 0.148 e. The van der Waals surface area contributed by atoms with E-state index in [1.165, 1.54) is 41.2 Å². The van der Waals surface area contributed by atoms with Gasteiger partial charge in [-0.2, -0.15) is 0 Å². The normalized spacial score (nSPS) is 19.9. The molecule has 0 aliphatic heterocycles. The highest BCUT2D eigenvalue weighted by molar-refractivity contribution is 5.86. The van der Waals surface area contributed by atoms with Gasteiger partial charge >= 0.3 is 0 Å². The number of carbonyl (C=O) groups is 1. The molecule has 1 fully saturated rings. The van der Waals surface area contributed by atoms with Crippen LogP contribution in [0.3, 0.4) is 0 Å². The summed E-state index contributed by atoms with van der Waals surface area (Å²) >= 11 is 0. The van der Waals surface area contributed by atoms with Crippen molar-refractivity contribution < 1.29 is 4.79 Å². The summed E-state index contributed by atoms with van der Waals surface area (Å²) in [6, 6.07) is 24.7. The van der Waals surface area contributed by atoms with Gasteiger partial charge in [0.1, 0.15) is 5.78 Å². The number of hydrogen-bond donors (Lipinski definition) is 2. The quantitative estimate of drug-likeness (QED) is 0.537. The van der Waals surface area contributed by atoms with Crippen LogP contribution in [0.25, 0.3) is 10.8 Å². The van der Waals surface area contributed by atoms with Gasteiger partial charge in [0.2, 0.25) is 0 Å². The van der Waals surface area contributed by atoms with E-state index in [9.17, 15) is 4.79 Å². The Morgan fingerprint density at radius 2 is 1.76 bits per heavy atom. The summed E-state index contributed by atoms with van der Waals surface area (Å²) in [7, 11) is 0. The first kappa shape index (κ1) is 19.7. The molecule has 0 unspecified atom stereocenters. The van der Waals surface area contributed by atoms with E-state index in [4.69, 9.17) is 0 Å². The highest BCUT2D eigenvalue weighted by atomic mass is 16.1. The van der Waals surface area contributed by atoms with Crippen molar-refractivity contribution in [2.45, 2.75) is 51.1 Å². The molecule has 0 heterocycles. The number of anilines is 1. The van der Waals surface area contributed by atoms with Crippen LogP contribution in [-0.4, -0.2) is 18.4 Å². The van der Waals surface area contributed by atoms with Crippen molar-refractivity contribution in [1.29, 1.82) is 0 Å². The van der Waals surface area contributed by atoms with Crippen LogP contribution in [0, 0.1) is 0 Å². The average molecular weight is 387 g/mol. The summed E-state index contributed by atoms with van der Waals surface area (Å²) in [5.41, 5.74) is 3.80. The zero-order valence-electron chi connectivity index (χ0n) is 17.3. The van der Waals surface area contributed by atoms with E-state index < -0.39 is 0 Å². The Labute approximate surface area is 173 Å². The van der Waals surface area contributed by atoms with Crippen LogP contribution in [0.1, 0.15) is 56.2 Å². The number of carbonyl (C=O) groups excluding carboxylic acids is 1. The number of Topliss-reactive ketones (excluding diaryl/α,β-unsaturated/α-hetero) is 1. The van der Waals surface area contributed by atoms with Gasteiger partial charge in [0.15, 0.2) is 0 Å². The lowest BCUT2D eigenvalue weighted by Crippen LogP contribution is -2.29. The molecule has 3 aromatic rings. The molecule has 0 aromatic heterocycles. The fourth-order valence-corrected chi connectivity index (χ4v) is 4.61. The maximum atomic E-state index is 11.1. The highest BCUT2D eigenvalue weighted by Crippen LogP contribution is 2.36. The van der Waals surface area contributed by atoms with Crippen molar-refractivity contribution in [3.63, 3.8) is 0 Å². The lowest BCUT2D eigenvalue weighted by molar-refractivity contribution is -0.115. The van der Waals surface area contributed by atoms with Crippen LogP contribution in [0.4, 0.5) is 5.69 Å². The Bertz CT molecular complexity index is 974. The zero-order chi connectivity index (χ0) is 20.2. The van der Waals surface area contributed by atoms with Gasteiger partial charge in [0.05, 0.1) is 6.54 Å². The molecule has 3 heteroatoms. The third-order valence-corrected chi connectivity index (χ3v) is 6.13. The number of ketones is 1. The molecule has 3 nitrogen and oxygen atoms in total. The molecule has 0 spiro atoms. The summed E-state index contributed by atoms with van der Waals surface area (Å²) in [6.45, 7) is 4.28. The molecule has 3 atom stereocenters. The van der Waals surface area contributed by atoms with Crippen LogP contribution >= 0.6 is 0 Å². The van der Waals surface area contributed by atoms with Gasteiger partial charge in [0, 0.05) is 17.8 Å². The molecule has 29 heavy (non-hydrogen) atoms. The molecule has 0 saturated heterocycles. The van der Waals surface area contributed by atoms with Crippen molar-refractivity contribution in [2.75, 3.05) is 11.9 Å². The fourth-order valence-electron chi connectivity index (χ4n) is 4.61. The van der Waals surface area contributed by atoms with Crippen LogP contribution in [-0.2, 0) is 4.79 Å². The minimum Gasteiger partial charge on any atom is -0.378 e. The van der Waals surface area contributed by atoms with E-state index in [0.717, 1.165) is 5.69 Å². The predicted molar refractivity (Wildman–Crippen MR) is 121 cm³/mol. The second-order valence-electron chi connectivity index (χ2n) is 8.34. The zero-order valence-corrected chi connectivity index (χ0v) is 17.3. The molecule has 150 valence electrons. The van der Waals surface area contributed by atoms with Gasteiger partial charge in [-0.1, -0.05) is 54.6 Å². The second kappa shape index (κ2) is 8.79. The topological polar surface area (TPSA) is 41.1 Å². The van der Waals surface area contributed by atoms with E-state index in [2.05, 4.69) is 84.3 Å². The van der Waals surface area contributed by atoms with Crippen LogP contribution in [0.5, 0.6) is 0 Å². The van der Waals surface area contributed by atoms with Crippen molar-refractivity contribution in [1.82, 2.24) is 5.32 Å². The smallest absolute Gasteiger partial charge is 0.148 e. The molecule has 0 bridgehead atoms. The monoisotopic (exact) mass is 386 g/mol. The number of fused-ring (bicyclic) bond motifs is 1. The summed E-state index contributed by atoms with van der Waals surface area (Å²) < 4.78 is 0. The Balaban J connectivity index is 1.38. The van der Waals surface area contributed by atoms with Crippen LogP contribution in [0.2, 0.25) is 0 Å². The van der Waals surface area contributed by atoms with Gasteiger partial charge in [-0.3, -0.25) is 4.79 Å². The Hall–Kier alpha value is -2.65. The largest absolute Gasteiger partial charge is 0.378 e. The number of rotatable bonds is 7. The van der Waals surface area contributed by atoms with Crippen molar-refractivity contribution >= 4 is 22.2 Å². The molecule has 0 radical (unpaired) electrons. The molecule has 1 saturated carbocycles. The molecule has 1 aliphatic rings. The van der Waals surface area contributed by atoms with E-state index >= 15 is 0 Å². The lowest BCUT2D eigenvalue weighted by Gasteiger charge is -2.21. The van der Waals surface area contributed by atoms with Crippen molar-refractivity contribution in [3.05, 3.63) is 77.9 Å². The van der Waals surface area contributed by atoms with Gasteiger partial charge in [-0.05, 0) is 73.1 Å². The minimum absolute atomic E-state index is 0.152. The molecule has 3 aromatic carbocycles. The molecule has 0 amide bonds. The highest BCUT2D eigenvalue weighted by Gasteiger charge is 2.27. The molecule has 4 rings (SSSR count). The van der Waals surface area contributed by atoms with Crippen molar-refractivity contribution in [2.24, 2.45) is 0 Å². The van der Waals surface area contributed by atoms with E-state index in [-0.39, 0.29) is 5.78 Å². The van der Waals surface area contributed by atoms with Gasteiger partial charge < -0.3 is 10.6 Å². The SMILES string of the molecule is CC(=O)CNc1ccc([C@@H]2CC[C@H](N[C@H](C)c3cccc4ccccc34)C2)cc1. The van der Waals surface area contributed by atoms with E-state index in [1.807, 2.05) is 0 Å². The first-order valence-electron chi connectivity index (χ1n) is 10.7. The summed E-state index contributed by atoms with van der Waals surface area (Å²) in [5, 5.41) is 9.70. The Morgan fingerprint density at radius 3 is 2.55 bits per heavy atom. The number of nitrogens with one attached hydrogen (secondary N) is 2. The van der Waals surface area contributed by atoms with E-state index in [0.29, 0.717) is 24.5 Å². The lowest BCUT2D eigenvalue weighted by atomic mass is 9.96. The number of hydrogen-bond acceptors (Lipinski definition) is 3. The van der Waals surface area contributed by atoms with Gasteiger partial charge in [0.25, 0.3) is 0 Å². The van der Waals surface area contributed by atoms with Crippen LogP contribution in [0.15, 0.2) is 66.7 Å².